The van der Waals surface area contributed by atoms with Gasteiger partial charge < -0.3 is 15.4 Å². The third-order valence-corrected chi connectivity index (χ3v) is 5.03. The van der Waals surface area contributed by atoms with Crippen LogP contribution in [0.5, 0.6) is 0 Å². The van der Waals surface area contributed by atoms with E-state index in [1.807, 2.05) is 29.6 Å². The summed E-state index contributed by atoms with van der Waals surface area (Å²) in [7, 11) is 0. The minimum atomic E-state index is -0.140. The van der Waals surface area contributed by atoms with Crippen LogP contribution in [0.3, 0.4) is 0 Å². The molecule has 1 aliphatic rings. The molecule has 0 aliphatic carbocycles. The van der Waals surface area contributed by atoms with E-state index < -0.39 is 0 Å². The van der Waals surface area contributed by atoms with Crippen molar-refractivity contribution in [3.05, 3.63) is 76.5 Å². The summed E-state index contributed by atoms with van der Waals surface area (Å²) in [4.78, 5) is 20.2. The quantitative estimate of drug-likeness (QED) is 0.623. The average molecular weight is 349 g/mol. The molecule has 3 heterocycles. The lowest BCUT2D eigenvalue weighted by atomic mass is 9.92. The maximum absolute atomic E-state index is 12.3. The molecule has 4 rings (SSSR count). The number of nitrogens with zero attached hydrogens (tertiary/aromatic N) is 1. The molecule has 5 nitrogen and oxygen atoms in total. The number of H-pyrrole nitrogens is 1. The molecule has 0 spiro atoms. The van der Waals surface area contributed by atoms with E-state index in [1.165, 1.54) is 11.3 Å². The molecule has 0 bridgehead atoms. The van der Waals surface area contributed by atoms with Crippen molar-refractivity contribution < 1.29 is 9.90 Å². The molecule has 6 heteroatoms. The second-order valence-electron chi connectivity index (χ2n) is 5.65. The topological polar surface area (TPSA) is 78.0 Å². The monoisotopic (exact) mass is 349 g/mol. The van der Waals surface area contributed by atoms with Crippen molar-refractivity contribution in [3.63, 3.8) is 0 Å². The first-order valence-electron chi connectivity index (χ1n) is 7.74. The molecule has 1 aromatic carbocycles. The Kier molecular flexibility index (Phi) is 3.74. The molecule has 0 atom stereocenters. The molecule has 0 saturated heterocycles. The van der Waals surface area contributed by atoms with Gasteiger partial charge in [-0.25, -0.2) is 4.98 Å². The summed E-state index contributed by atoms with van der Waals surface area (Å²) in [6, 6.07) is 7.57. The predicted molar refractivity (Wildman–Crippen MR) is 100 cm³/mol. The highest BCUT2D eigenvalue weighted by molar-refractivity contribution is 7.12. The number of aromatic nitrogens is 2. The van der Waals surface area contributed by atoms with Crippen molar-refractivity contribution in [3.8, 4) is 0 Å². The zero-order valence-electron chi connectivity index (χ0n) is 13.2. The van der Waals surface area contributed by atoms with E-state index in [1.54, 1.807) is 18.5 Å². The number of hydrogen-bond acceptors (Lipinski definition) is 4. The van der Waals surface area contributed by atoms with Crippen molar-refractivity contribution >= 4 is 39.4 Å². The van der Waals surface area contributed by atoms with E-state index in [0.29, 0.717) is 22.6 Å². The first kappa shape index (κ1) is 15.4. The van der Waals surface area contributed by atoms with Crippen molar-refractivity contribution in [2.45, 2.75) is 0 Å². The summed E-state index contributed by atoms with van der Waals surface area (Å²) >= 11 is 1.36. The van der Waals surface area contributed by atoms with Gasteiger partial charge in [0.15, 0.2) is 0 Å². The normalized spacial score (nSPS) is 19.5. The Labute approximate surface area is 148 Å². The van der Waals surface area contributed by atoms with Crippen LogP contribution < -0.4 is 5.32 Å². The van der Waals surface area contributed by atoms with Crippen LogP contribution in [0.2, 0.25) is 0 Å². The molecule has 1 aliphatic heterocycles. The fraction of sp³-hybridized carbons (Fsp3) is 0.0526. The van der Waals surface area contributed by atoms with E-state index in [2.05, 4.69) is 21.9 Å². The lowest BCUT2D eigenvalue weighted by Gasteiger charge is -2.15. The average Bonchev–Trinajstić information content (AvgIpc) is 3.26. The summed E-state index contributed by atoms with van der Waals surface area (Å²) in [5.74, 6) is -0.0347. The number of aliphatic hydroxyl groups is 1. The number of imidazole rings is 1. The Bertz CT molecular complexity index is 1060. The third kappa shape index (κ3) is 2.66. The molecule has 0 saturated carbocycles. The third-order valence-electron chi connectivity index (χ3n) is 4.12. The highest BCUT2D eigenvalue weighted by atomic mass is 32.1. The van der Waals surface area contributed by atoms with Crippen LogP contribution in [0, 0.1) is 0 Å². The number of aromatic amines is 1. The molecule has 0 fully saturated rings. The number of allylic oxidation sites excluding steroid dienone is 3. The lowest BCUT2D eigenvalue weighted by molar-refractivity contribution is 0.0961. The van der Waals surface area contributed by atoms with Crippen molar-refractivity contribution in [1.29, 1.82) is 0 Å². The standard InChI is InChI=1S/C19H15N3O2S/c1-11-13-6-8-25-18(13)19(24)20-7-2-3-16(23)17(11)12-4-5-14-15(9-12)22-10-21-14/h2-6,8-10,23H,1,7H2,(H,20,24)(H,21,22)/b3-2-,17-16-. The fourth-order valence-electron chi connectivity index (χ4n) is 2.91. The maximum atomic E-state index is 12.3. The number of nitrogens with one attached hydrogen (secondary N) is 2. The van der Waals surface area contributed by atoms with E-state index in [9.17, 15) is 9.90 Å². The van der Waals surface area contributed by atoms with Crippen LogP contribution in [0.4, 0.5) is 0 Å². The van der Waals surface area contributed by atoms with Crippen molar-refractivity contribution in [2.24, 2.45) is 0 Å². The fourth-order valence-corrected chi connectivity index (χ4v) is 3.74. The van der Waals surface area contributed by atoms with Crippen molar-refractivity contribution in [2.75, 3.05) is 6.54 Å². The summed E-state index contributed by atoms with van der Waals surface area (Å²) in [5, 5.41) is 15.3. The van der Waals surface area contributed by atoms with Gasteiger partial charge in [-0.1, -0.05) is 18.7 Å². The smallest absolute Gasteiger partial charge is 0.262 e. The highest BCUT2D eigenvalue weighted by Crippen LogP contribution is 2.36. The molecule has 0 unspecified atom stereocenters. The van der Waals surface area contributed by atoms with Gasteiger partial charge in [-0.3, -0.25) is 4.79 Å². The Balaban J connectivity index is 1.93. The zero-order valence-corrected chi connectivity index (χ0v) is 14.1. The predicted octanol–water partition coefficient (Wildman–Crippen LogP) is 3.91. The molecule has 124 valence electrons. The maximum Gasteiger partial charge on any atom is 0.262 e. The lowest BCUT2D eigenvalue weighted by Crippen LogP contribution is -2.23. The number of fused-ring (bicyclic) bond motifs is 2. The first-order valence-corrected chi connectivity index (χ1v) is 8.62. The second-order valence-corrected chi connectivity index (χ2v) is 6.57. The number of benzene rings is 1. The summed E-state index contributed by atoms with van der Waals surface area (Å²) in [6.07, 6.45) is 4.94. The van der Waals surface area contributed by atoms with E-state index in [-0.39, 0.29) is 11.7 Å². The van der Waals surface area contributed by atoms with Gasteiger partial charge in [0.25, 0.3) is 5.91 Å². The number of rotatable bonds is 1. The van der Waals surface area contributed by atoms with Crippen LogP contribution in [0.1, 0.15) is 20.8 Å². The number of amides is 1. The van der Waals surface area contributed by atoms with Crippen LogP contribution in [-0.4, -0.2) is 27.5 Å². The van der Waals surface area contributed by atoms with Crippen LogP contribution in [-0.2, 0) is 0 Å². The van der Waals surface area contributed by atoms with Gasteiger partial charge in [-0.2, -0.15) is 0 Å². The highest BCUT2D eigenvalue weighted by Gasteiger charge is 2.21. The summed E-state index contributed by atoms with van der Waals surface area (Å²) < 4.78 is 0. The van der Waals surface area contributed by atoms with Gasteiger partial charge in [-0.05, 0) is 40.8 Å². The second kappa shape index (κ2) is 6.07. The number of aliphatic hydroxyl groups excluding tert-OH is 1. The molecular weight excluding hydrogens is 334 g/mol. The van der Waals surface area contributed by atoms with Gasteiger partial charge in [0.2, 0.25) is 0 Å². The van der Waals surface area contributed by atoms with Crippen LogP contribution >= 0.6 is 11.3 Å². The Morgan fingerprint density at radius 3 is 3.04 bits per heavy atom. The Morgan fingerprint density at radius 1 is 1.28 bits per heavy atom. The molecule has 25 heavy (non-hydrogen) atoms. The first-order chi connectivity index (χ1) is 12.1. The van der Waals surface area contributed by atoms with Gasteiger partial charge in [-0.15, -0.1) is 11.3 Å². The minimum Gasteiger partial charge on any atom is -0.507 e. The molecule has 3 N–H and O–H groups in total. The SMILES string of the molecule is C=C1/C(c2ccc3[nH]cnc3c2)=C(O)\C=C/CNC(=O)c2sccc21. The largest absolute Gasteiger partial charge is 0.507 e. The molecule has 2 aromatic heterocycles. The zero-order chi connectivity index (χ0) is 17.4. The molecule has 1 amide bonds. The van der Waals surface area contributed by atoms with E-state index in [4.69, 9.17) is 0 Å². The van der Waals surface area contributed by atoms with Gasteiger partial charge in [0.1, 0.15) is 5.76 Å². The van der Waals surface area contributed by atoms with Gasteiger partial charge >= 0.3 is 0 Å². The summed E-state index contributed by atoms with van der Waals surface area (Å²) in [6.45, 7) is 4.50. The van der Waals surface area contributed by atoms with E-state index >= 15 is 0 Å². The number of carbonyl (C=O) groups excluding carboxylic acids is 1. The Morgan fingerprint density at radius 2 is 2.16 bits per heavy atom. The summed E-state index contributed by atoms with van der Waals surface area (Å²) in [5.41, 5.74) is 4.43. The molecule has 3 aromatic rings. The number of carbonyl (C=O) groups is 1. The van der Waals surface area contributed by atoms with E-state index in [0.717, 1.165) is 22.2 Å². The number of thiophene rings is 1. The van der Waals surface area contributed by atoms with Crippen LogP contribution in [0.15, 0.2) is 60.5 Å². The van der Waals surface area contributed by atoms with Gasteiger partial charge in [0.05, 0.1) is 22.2 Å². The van der Waals surface area contributed by atoms with Crippen molar-refractivity contribution in [1.82, 2.24) is 15.3 Å². The van der Waals surface area contributed by atoms with Crippen LogP contribution in [0.25, 0.3) is 22.2 Å². The van der Waals surface area contributed by atoms with Gasteiger partial charge in [0, 0.05) is 17.7 Å². The number of hydrogen-bond donors (Lipinski definition) is 3. The molecule has 0 radical (unpaired) electrons. The minimum absolute atomic E-state index is 0.105. The Hall–Kier alpha value is -3.12. The molecular formula is C19H15N3O2S.